The second kappa shape index (κ2) is 9.88. The highest BCUT2D eigenvalue weighted by molar-refractivity contribution is 5.91. The topological polar surface area (TPSA) is 118 Å². The fourth-order valence-electron chi connectivity index (χ4n) is 4.51. The highest BCUT2D eigenvalue weighted by Crippen LogP contribution is 2.46. The van der Waals surface area contributed by atoms with E-state index in [2.05, 4.69) is 30.7 Å². The van der Waals surface area contributed by atoms with E-state index in [1.165, 1.54) is 36.9 Å². The number of carboxylic acid groups (broad SMARTS) is 1. The van der Waals surface area contributed by atoms with Crippen LogP contribution in [0.3, 0.4) is 0 Å². The van der Waals surface area contributed by atoms with Gasteiger partial charge < -0.3 is 15.7 Å². The number of nitrogens with zero attached hydrogens (tertiary/aromatic N) is 5. The molecule has 0 fully saturated rings. The maximum atomic E-state index is 14.7. The van der Waals surface area contributed by atoms with Gasteiger partial charge in [-0.15, -0.1) is 0 Å². The van der Waals surface area contributed by atoms with E-state index >= 15 is 0 Å². The first kappa shape index (κ1) is 27.0. The molecular formula is C27H25F4N7O2. The van der Waals surface area contributed by atoms with Crippen LogP contribution in [0.5, 0.6) is 0 Å². The van der Waals surface area contributed by atoms with Crippen LogP contribution >= 0.6 is 0 Å². The Balaban J connectivity index is 1.64. The number of rotatable bonds is 8. The van der Waals surface area contributed by atoms with Gasteiger partial charge in [-0.05, 0) is 50.1 Å². The minimum Gasteiger partial charge on any atom is -0.481 e. The lowest BCUT2D eigenvalue weighted by molar-refractivity contribution is -0.146. The number of pyridine rings is 1. The molecule has 3 heterocycles. The molecule has 0 aliphatic heterocycles. The highest BCUT2D eigenvalue weighted by atomic mass is 19.4. The third-order valence-corrected chi connectivity index (χ3v) is 6.66. The van der Waals surface area contributed by atoms with Gasteiger partial charge in [0.2, 0.25) is 5.95 Å². The van der Waals surface area contributed by atoms with Gasteiger partial charge in [0.05, 0.1) is 16.8 Å². The Labute approximate surface area is 226 Å². The van der Waals surface area contributed by atoms with Crippen LogP contribution in [0.2, 0.25) is 0 Å². The summed E-state index contributed by atoms with van der Waals surface area (Å²) in [4.78, 5) is 24.5. The van der Waals surface area contributed by atoms with Crippen molar-refractivity contribution >= 4 is 17.6 Å². The summed E-state index contributed by atoms with van der Waals surface area (Å²) in [7, 11) is 0. The first-order chi connectivity index (χ1) is 18.9. The number of hydrogen-bond acceptors (Lipinski definition) is 7. The third kappa shape index (κ3) is 4.94. The van der Waals surface area contributed by atoms with Crippen LogP contribution in [0, 0.1) is 11.2 Å². The molecule has 0 radical (unpaired) electrons. The molecule has 13 heteroatoms. The van der Waals surface area contributed by atoms with Crippen molar-refractivity contribution in [2.45, 2.75) is 33.4 Å². The number of benzene rings is 1. The molecule has 0 amide bonds. The minimum atomic E-state index is -4.66. The average Bonchev–Trinajstić information content (AvgIpc) is 3.53. The zero-order chi connectivity index (χ0) is 28.8. The zero-order valence-corrected chi connectivity index (χ0v) is 21.8. The van der Waals surface area contributed by atoms with Gasteiger partial charge in [0.25, 0.3) is 0 Å². The normalized spacial score (nSPS) is 12.7. The Kier molecular flexibility index (Phi) is 6.68. The van der Waals surface area contributed by atoms with E-state index in [-0.39, 0.29) is 18.2 Å². The summed E-state index contributed by atoms with van der Waals surface area (Å²) in [6, 6.07) is 3.60. The maximum absolute atomic E-state index is 14.7. The molecule has 3 N–H and O–H groups in total. The van der Waals surface area contributed by atoms with Crippen molar-refractivity contribution in [2.75, 3.05) is 23.7 Å². The van der Waals surface area contributed by atoms with E-state index in [0.29, 0.717) is 46.6 Å². The van der Waals surface area contributed by atoms with Gasteiger partial charge in [0, 0.05) is 66.7 Å². The van der Waals surface area contributed by atoms with Gasteiger partial charge in [-0.1, -0.05) is 0 Å². The number of carbonyl (C=O) groups is 1. The summed E-state index contributed by atoms with van der Waals surface area (Å²) in [6.45, 7) is 5.61. The third-order valence-electron chi connectivity index (χ3n) is 6.66. The lowest BCUT2D eigenvalue weighted by atomic mass is 9.94. The van der Waals surface area contributed by atoms with Gasteiger partial charge >= 0.3 is 12.1 Å². The Morgan fingerprint density at radius 2 is 1.80 bits per heavy atom. The van der Waals surface area contributed by atoms with Crippen LogP contribution in [-0.2, 0) is 17.4 Å². The van der Waals surface area contributed by atoms with Crippen molar-refractivity contribution in [1.82, 2.24) is 24.7 Å². The number of aliphatic carboxylic acids is 1. The molecule has 9 nitrogen and oxygen atoms in total. The van der Waals surface area contributed by atoms with Crippen molar-refractivity contribution in [1.29, 1.82) is 0 Å². The number of hydrogen-bond donors (Lipinski definition) is 3. The molecule has 1 aliphatic rings. The first-order valence-corrected chi connectivity index (χ1v) is 12.4. The Morgan fingerprint density at radius 3 is 2.42 bits per heavy atom. The fourth-order valence-corrected chi connectivity index (χ4v) is 4.51. The zero-order valence-electron chi connectivity index (χ0n) is 21.8. The maximum Gasteiger partial charge on any atom is 0.435 e. The van der Waals surface area contributed by atoms with Crippen molar-refractivity contribution in [3.8, 4) is 27.9 Å². The monoisotopic (exact) mass is 555 g/mol. The summed E-state index contributed by atoms with van der Waals surface area (Å²) in [6.07, 6.45) is 1.31. The smallest absolute Gasteiger partial charge is 0.435 e. The Hall–Kier alpha value is -4.55. The molecule has 0 saturated carbocycles. The number of carboxylic acids is 1. The second-order valence-corrected chi connectivity index (χ2v) is 10.0. The lowest BCUT2D eigenvalue weighted by Crippen LogP contribution is -2.32. The summed E-state index contributed by atoms with van der Waals surface area (Å²) >= 11 is 0. The van der Waals surface area contributed by atoms with Gasteiger partial charge in [-0.2, -0.15) is 18.3 Å². The number of aromatic nitrogens is 5. The Morgan fingerprint density at radius 1 is 1.07 bits per heavy atom. The van der Waals surface area contributed by atoms with E-state index < -0.39 is 29.1 Å². The molecule has 1 aromatic carbocycles. The van der Waals surface area contributed by atoms with Gasteiger partial charge in [-0.3, -0.25) is 9.78 Å². The van der Waals surface area contributed by atoms with Gasteiger partial charge in [-0.25, -0.2) is 19.0 Å². The van der Waals surface area contributed by atoms with Crippen molar-refractivity contribution < 1.29 is 27.5 Å². The van der Waals surface area contributed by atoms with Crippen LogP contribution < -0.4 is 10.6 Å². The van der Waals surface area contributed by atoms with E-state index in [9.17, 15) is 27.5 Å². The van der Waals surface area contributed by atoms with Crippen molar-refractivity contribution in [3.05, 3.63) is 65.8 Å². The lowest BCUT2D eigenvalue weighted by Gasteiger charge is -2.19. The van der Waals surface area contributed by atoms with E-state index in [0.717, 1.165) is 16.3 Å². The van der Waals surface area contributed by atoms with E-state index in [1.807, 2.05) is 6.92 Å². The van der Waals surface area contributed by atoms with Crippen LogP contribution in [0.25, 0.3) is 27.9 Å². The van der Waals surface area contributed by atoms with E-state index in [1.54, 1.807) is 13.8 Å². The van der Waals surface area contributed by atoms with Crippen molar-refractivity contribution in [3.63, 3.8) is 0 Å². The summed E-state index contributed by atoms with van der Waals surface area (Å²) in [5, 5.41) is 19.2. The Bertz CT molecular complexity index is 1600. The number of anilines is 2. The molecule has 5 rings (SSSR count). The second-order valence-electron chi connectivity index (χ2n) is 10.0. The van der Waals surface area contributed by atoms with Crippen LogP contribution in [0.4, 0.5) is 29.2 Å². The minimum absolute atomic E-state index is 0.0668. The molecule has 0 saturated heterocycles. The predicted molar refractivity (Wildman–Crippen MR) is 140 cm³/mol. The number of alkyl halides is 3. The van der Waals surface area contributed by atoms with E-state index in [4.69, 9.17) is 0 Å². The quantitative estimate of drug-likeness (QED) is 0.218. The van der Waals surface area contributed by atoms with Crippen molar-refractivity contribution in [2.24, 2.45) is 5.41 Å². The molecule has 1 aliphatic carbocycles. The molecule has 40 heavy (non-hydrogen) atoms. The molecule has 4 aromatic rings. The van der Waals surface area contributed by atoms with Gasteiger partial charge in [0.1, 0.15) is 5.82 Å². The SMILES string of the molecule is CCNc1cc(F)cc2c1Cc1ncc(-c3cnc(NCC(C)(C)C(=O)O)nc3)c(-n3ccc(C(F)(F)F)n3)c1-2. The number of nitrogens with one attached hydrogen (secondary N) is 2. The molecule has 208 valence electrons. The largest absolute Gasteiger partial charge is 0.481 e. The highest BCUT2D eigenvalue weighted by Gasteiger charge is 2.35. The molecule has 0 atom stereocenters. The summed E-state index contributed by atoms with van der Waals surface area (Å²) in [5.41, 5.74) is 1.86. The number of fused-ring (bicyclic) bond motifs is 3. The molecule has 0 unspecified atom stereocenters. The van der Waals surface area contributed by atoms with Crippen LogP contribution in [0.15, 0.2) is 43.0 Å². The molecule has 3 aromatic heterocycles. The van der Waals surface area contributed by atoms with Gasteiger partial charge in [0.15, 0.2) is 5.69 Å². The summed E-state index contributed by atoms with van der Waals surface area (Å²) in [5.74, 6) is -1.31. The molecular weight excluding hydrogens is 530 g/mol. The van der Waals surface area contributed by atoms with Crippen LogP contribution in [0.1, 0.15) is 37.7 Å². The number of halogens is 4. The fraction of sp³-hybridized carbons (Fsp3) is 0.296. The predicted octanol–water partition coefficient (Wildman–Crippen LogP) is 5.41. The molecule has 0 bridgehead atoms. The van der Waals surface area contributed by atoms with Crippen LogP contribution in [-0.4, -0.2) is 48.9 Å². The summed E-state index contributed by atoms with van der Waals surface area (Å²) < 4.78 is 56.3. The molecule has 0 spiro atoms. The standard InChI is InChI=1S/C27H25F4N7O2/c1-4-32-19-8-15(28)7-17-16(19)9-20-22(17)23(38-6-5-21(37-38)27(29,30)31)18(12-33-20)14-10-34-25(35-11-14)36-13-26(2,3)24(39)40/h5-8,10-12,32H,4,9,13H2,1-3H3,(H,39,40)(H,34,35,36). The average molecular weight is 556 g/mol. The first-order valence-electron chi connectivity index (χ1n) is 12.4.